The molecule has 1 fully saturated rings. The smallest absolute Gasteiger partial charge is 0.317 e. The van der Waals surface area contributed by atoms with E-state index in [0.29, 0.717) is 18.3 Å². The molecule has 1 rings (SSSR count). The number of nitrogens with zero attached hydrogens (tertiary/aromatic N) is 1. The minimum absolute atomic E-state index is 0.00638. The van der Waals surface area contributed by atoms with Gasteiger partial charge in [0.1, 0.15) is 0 Å². The Balaban J connectivity index is 2.31. The zero-order valence-electron chi connectivity index (χ0n) is 12.0. The van der Waals surface area contributed by atoms with Gasteiger partial charge in [-0.15, -0.1) is 0 Å². The lowest BCUT2D eigenvalue weighted by Gasteiger charge is -2.33. The van der Waals surface area contributed by atoms with Crippen LogP contribution in [0.15, 0.2) is 0 Å². The number of carbonyl (C=O) groups is 1. The Labute approximate surface area is 113 Å². The van der Waals surface area contributed by atoms with Crippen molar-refractivity contribution in [3.05, 3.63) is 0 Å². The first-order valence-corrected chi connectivity index (χ1v) is 8.07. The average Bonchev–Trinajstić information content (AvgIpc) is 2.28. The minimum atomic E-state index is -0.901. The molecular weight excluding hydrogens is 248 g/mol. The van der Waals surface area contributed by atoms with Gasteiger partial charge in [0.2, 0.25) is 0 Å². The van der Waals surface area contributed by atoms with Crippen LogP contribution < -0.4 is 5.32 Å². The molecule has 0 spiro atoms. The van der Waals surface area contributed by atoms with Gasteiger partial charge >= 0.3 is 6.03 Å². The molecule has 0 unspecified atom stereocenters. The molecule has 1 heterocycles. The third-order valence-corrected chi connectivity index (χ3v) is 5.25. The highest BCUT2D eigenvalue weighted by atomic mass is 32.2. The van der Waals surface area contributed by atoms with E-state index in [1.54, 1.807) is 0 Å². The molecule has 2 amide bonds. The lowest BCUT2D eigenvalue weighted by molar-refractivity contribution is 0.159. The summed E-state index contributed by atoms with van der Waals surface area (Å²) in [6.07, 6.45) is 3.38. The molecule has 0 aliphatic carbocycles. The standard InChI is InChI=1S/C13H26N2O2S/c1-11-7-5-6-9-15(11)12(16)14-8-10-18(17)13(2,3)4/h11H,5-10H2,1-4H3,(H,14,16)/t11-,18-/m1/s1. The van der Waals surface area contributed by atoms with Gasteiger partial charge < -0.3 is 10.2 Å². The number of hydrogen-bond donors (Lipinski definition) is 1. The number of amides is 2. The van der Waals surface area contributed by atoms with Gasteiger partial charge in [0.05, 0.1) is 0 Å². The number of urea groups is 1. The van der Waals surface area contributed by atoms with Crippen LogP contribution >= 0.6 is 0 Å². The molecule has 1 aliphatic heterocycles. The van der Waals surface area contributed by atoms with E-state index in [4.69, 9.17) is 0 Å². The Bertz CT molecular complexity index is 313. The lowest BCUT2D eigenvalue weighted by atomic mass is 10.0. The Kier molecular flexibility index (Phi) is 5.63. The van der Waals surface area contributed by atoms with Crippen molar-refractivity contribution in [1.29, 1.82) is 0 Å². The lowest BCUT2D eigenvalue weighted by Crippen LogP contribution is -2.48. The molecule has 0 saturated carbocycles. The van der Waals surface area contributed by atoms with E-state index in [1.165, 1.54) is 6.42 Å². The summed E-state index contributed by atoms with van der Waals surface area (Å²) in [5, 5.41) is 2.88. The molecule has 5 heteroatoms. The van der Waals surface area contributed by atoms with Gasteiger partial charge in [0, 0.05) is 40.4 Å². The minimum Gasteiger partial charge on any atom is -0.337 e. The highest BCUT2D eigenvalue weighted by molar-refractivity contribution is 7.86. The van der Waals surface area contributed by atoms with Crippen molar-refractivity contribution in [2.45, 2.75) is 57.7 Å². The fraction of sp³-hybridized carbons (Fsp3) is 0.923. The molecule has 106 valence electrons. The van der Waals surface area contributed by atoms with Gasteiger partial charge in [0.15, 0.2) is 0 Å². The maximum Gasteiger partial charge on any atom is 0.317 e. The van der Waals surface area contributed by atoms with E-state index in [2.05, 4.69) is 12.2 Å². The van der Waals surface area contributed by atoms with E-state index in [0.717, 1.165) is 19.4 Å². The molecule has 0 aromatic rings. The molecule has 0 aromatic carbocycles. The quantitative estimate of drug-likeness (QED) is 0.857. The number of carbonyl (C=O) groups excluding carboxylic acids is 1. The maximum absolute atomic E-state index is 12.0. The Morgan fingerprint density at radius 2 is 2.06 bits per heavy atom. The number of nitrogens with one attached hydrogen (secondary N) is 1. The second-order valence-electron chi connectivity index (χ2n) is 5.93. The number of likely N-dealkylation sites (tertiary alicyclic amines) is 1. The van der Waals surface area contributed by atoms with Crippen LogP contribution in [0.3, 0.4) is 0 Å². The van der Waals surface area contributed by atoms with Crippen LogP contribution in [0.2, 0.25) is 0 Å². The van der Waals surface area contributed by atoms with Crippen LogP contribution in [-0.4, -0.2) is 44.8 Å². The van der Waals surface area contributed by atoms with E-state index in [-0.39, 0.29) is 10.8 Å². The zero-order chi connectivity index (χ0) is 13.8. The SMILES string of the molecule is C[C@@H]1CCCCN1C(=O)NCC[S@@](=O)C(C)(C)C. The monoisotopic (exact) mass is 274 g/mol. The van der Waals surface area contributed by atoms with E-state index in [1.807, 2.05) is 25.7 Å². The van der Waals surface area contributed by atoms with E-state index >= 15 is 0 Å². The second-order valence-corrected chi connectivity index (χ2v) is 8.26. The van der Waals surface area contributed by atoms with Crippen LogP contribution in [0.4, 0.5) is 4.79 Å². The fourth-order valence-electron chi connectivity index (χ4n) is 2.06. The summed E-state index contributed by atoms with van der Waals surface area (Å²) in [5.41, 5.74) is 0. The Hall–Kier alpha value is -0.580. The van der Waals surface area contributed by atoms with Crippen molar-refractivity contribution in [3.8, 4) is 0 Å². The van der Waals surface area contributed by atoms with Gasteiger partial charge in [0.25, 0.3) is 0 Å². The van der Waals surface area contributed by atoms with Crippen molar-refractivity contribution in [2.24, 2.45) is 0 Å². The molecule has 1 saturated heterocycles. The van der Waals surface area contributed by atoms with Crippen LogP contribution in [0.5, 0.6) is 0 Å². The summed E-state index contributed by atoms with van der Waals surface area (Å²) in [4.78, 5) is 13.8. The van der Waals surface area contributed by atoms with E-state index in [9.17, 15) is 9.00 Å². The van der Waals surface area contributed by atoms with E-state index < -0.39 is 10.8 Å². The second kappa shape index (κ2) is 6.55. The summed E-state index contributed by atoms with van der Waals surface area (Å²) in [6.45, 7) is 9.29. The topological polar surface area (TPSA) is 49.4 Å². The molecule has 2 atom stereocenters. The number of piperidine rings is 1. The first kappa shape index (κ1) is 15.5. The zero-order valence-corrected chi connectivity index (χ0v) is 12.8. The maximum atomic E-state index is 12.0. The summed E-state index contributed by atoms with van der Waals surface area (Å²) in [6, 6.07) is 0.319. The predicted molar refractivity (Wildman–Crippen MR) is 76.2 cm³/mol. The van der Waals surface area contributed by atoms with Gasteiger partial charge in [-0.05, 0) is 47.0 Å². The first-order valence-electron chi connectivity index (χ1n) is 6.75. The normalized spacial score (nSPS) is 22.7. The van der Waals surface area contributed by atoms with Crippen LogP contribution in [-0.2, 0) is 10.8 Å². The summed E-state index contributed by atoms with van der Waals surface area (Å²) >= 11 is 0. The third-order valence-electron chi connectivity index (χ3n) is 3.31. The summed E-state index contributed by atoms with van der Waals surface area (Å²) < 4.78 is 11.6. The molecule has 0 bridgehead atoms. The molecule has 1 aliphatic rings. The molecular formula is C13H26N2O2S. The predicted octanol–water partition coefficient (Wildman–Crippen LogP) is 2.12. The summed E-state index contributed by atoms with van der Waals surface area (Å²) in [5.74, 6) is 0.525. The highest BCUT2D eigenvalue weighted by Gasteiger charge is 2.23. The van der Waals surface area contributed by atoms with Crippen LogP contribution in [0.1, 0.15) is 47.0 Å². The molecule has 0 aromatic heterocycles. The highest BCUT2D eigenvalue weighted by Crippen LogP contribution is 2.16. The summed E-state index contributed by atoms with van der Waals surface area (Å²) in [7, 11) is -0.901. The third kappa shape index (κ3) is 4.59. The van der Waals surface area contributed by atoms with Crippen molar-refractivity contribution >= 4 is 16.8 Å². The first-order chi connectivity index (χ1) is 8.32. The fourth-order valence-corrected chi connectivity index (χ4v) is 2.96. The van der Waals surface area contributed by atoms with Crippen molar-refractivity contribution in [1.82, 2.24) is 10.2 Å². The average molecular weight is 274 g/mol. The molecule has 4 nitrogen and oxygen atoms in total. The van der Waals surface area contributed by atoms with Crippen LogP contribution in [0.25, 0.3) is 0 Å². The van der Waals surface area contributed by atoms with Gasteiger partial charge in [-0.25, -0.2) is 4.79 Å². The van der Waals surface area contributed by atoms with Gasteiger partial charge in [-0.2, -0.15) is 0 Å². The largest absolute Gasteiger partial charge is 0.337 e. The van der Waals surface area contributed by atoms with Crippen molar-refractivity contribution in [3.63, 3.8) is 0 Å². The van der Waals surface area contributed by atoms with Crippen molar-refractivity contribution < 1.29 is 9.00 Å². The Morgan fingerprint density at radius 3 is 2.61 bits per heavy atom. The molecule has 0 radical (unpaired) electrons. The van der Waals surface area contributed by atoms with Gasteiger partial charge in [-0.1, -0.05) is 0 Å². The Morgan fingerprint density at radius 1 is 1.39 bits per heavy atom. The number of hydrogen-bond acceptors (Lipinski definition) is 2. The van der Waals surface area contributed by atoms with Crippen molar-refractivity contribution in [2.75, 3.05) is 18.8 Å². The van der Waals surface area contributed by atoms with Gasteiger partial charge in [-0.3, -0.25) is 4.21 Å². The van der Waals surface area contributed by atoms with Crippen LogP contribution in [0, 0.1) is 0 Å². The number of rotatable bonds is 3. The molecule has 18 heavy (non-hydrogen) atoms. The molecule has 1 N–H and O–H groups in total.